The summed E-state index contributed by atoms with van der Waals surface area (Å²) in [7, 11) is 0. The van der Waals surface area contributed by atoms with Gasteiger partial charge in [-0.2, -0.15) is 0 Å². The first kappa shape index (κ1) is 15.7. The minimum absolute atomic E-state index is 0.134. The predicted octanol–water partition coefficient (Wildman–Crippen LogP) is 2.12. The minimum Gasteiger partial charge on any atom is -0.490 e. The van der Waals surface area contributed by atoms with Gasteiger partial charge in [0.15, 0.2) is 0 Å². The van der Waals surface area contributed by atoms with E-state index in [4.69, 9.17) is 10.5 Å². The van der Waals surface area contributed by atoms with Crippen LogP contribution in [0.3, 0.4) is 0 Å². The molecule has 4 nitrogen and oxygen atoms in total. The van der Waals surface area contributed by atoms with Gasteiger partial charge in [-0.25, -0.2) is 8.78 Å². The summed E-state index contributed by atoms with van der Waals surface area (Å²) in [5, 5.41) is 3.13. The van der Waals surface area contributed by atoms with Crippen molar-refractivity contribution in [3.05, 3.63) is 29.8 Å². The van der Waals surface area contributed by atoms with E-state index in [1.54, 1.807) is 0 Å². The summed E-state index contributed by atoms with van der Waals surface area (Å²) in [5.74, 6) is -1.65. The molecule has 0 saturated heterocycles. The highest BCUT2D eigenvalue weighted by Gasteiger charge is 2.41. The molecule has 0 spiro atoms. The lowest BCUT2D eigenvalue weighted by Crippen LogP contribution is -2.59. The molecule has 2 rings (SSSR count). The van der Waals surface area contributed by atoms with Gasteiger partial charge < -0.3 is 15.8 Å². The molecule has 1 aliphatic carbocycles. The van der Waals surface area contributed by atoms with Crippen molar-refractivity contribution in [1.82, 2.24) is 5.32 Å². The van der Waals surface area contributed by atoms with E-state index in [0.717, 1.165) is 31.0 Å². The second-order valence-electron chi connectivity index (χ2n) is 5.42. The highest BCUT2D eigenvalue weighted by molar-refractivity contribution is 5.84. The van der Waals surface area contributed by atoms with E-state index in [0.29, 0.717) is 19.4 Å². The third kappa shape index (κ3) is 3.69. The van der Waals surface area contributed by atoms with Crippen molar-refractivity contribution < 1.29 is 18.3 Å². The Labute approximate surface area is 122 Å². The summed E-state index contributed by atoms with van der Waals surface area (Å²) >= 11 is 0. The number of halogens is 2. The Balaban J connectivity index is 2.11. The first-order valence-electron chi connectivity index (χ1n) is 7.13. The number of carbonyl (C=O) groups is 1. The molecule has 21 heavy (non-hydrogen) atoms. The van der Waals surface area contributed by atoms with Crippen molar-refractivity contribution in [2.75, 3.05) is 6.54 Å². The normalized spacial score (nSPS) is 25.6. The maximum absolute atomic E-state index is 13.2. The fourth-order valence-electron chi connectivity index (χ4n) is 2.92. The van der Waals surface area contributed by atoms with E-state index >= 15 is 0 Å². The summed E-state index contributed by atoms with van der Waals surface area (Å²) in [4.78, 5) is 11.8. The molecule has 1 saturated carbocycles. The fraction of sp³-hybridized carbons (Fsp3) is 0.533. The maximum atomic E-state index is 13.2. The van der Waals surface area contributed by atoms with E-state index in [1.807, 2.05) is 6.92 Å². The molecule has 0 aliphatic heterocycles. The molecule has 1 fully saturated rings. The zero-order valence-corrected chi connectivity index (χ0v) is 12.0. The monoisotopic (exact) mass is 298 g/mol. The van der Waals surface area contributed by atoms with Gasteiger partial charge in [-0.05, 0) is 25.8 Å². The van der Waals surface area contributed by atoms with Gasteiger partial charge in [0, 0.05) is 24.6 Å². The van der Waals surface area contributed by atoms with E-state index in [1.165, 1.54) is 0 Å². The average molecular weight is 298 g/mol. The standard InChI is InChI=1S/C15H20F2N2O2/c1-2-19-15(14(18)20)5-3-4-12(9-15)21-13-7-10(16)6-11(17)8-13/h6-8,12,19H,2-5,9H2,1H3,(H2,18,20). The maximum Gasteiger partial charge on any atom is 0.237 e. The van der Waals surface area contributed by atoms with Crippen LogP contribution in [0.2, 0.25) is 0 Å². The Hall–Kier alpha value is -1.69. The smallest absolute Gasteiger partial charge is 0.237 e. The number of likely N-dealkylation sites (N-methyl/N-ethyl adjacent to an activating group) is 1. The van der Waals surface area contributed by atoms with E-state index in [2.05, 4.69) is 5.32 Å². The Morgan fingerprint density at radius 3 is 2.67 bits per heavy atom. The SMILES string of the molecule is CCNC1(C(N)=O)CCCC(Oc2cc(F)cc(F)c2)C1. The van der Waals surface area contributed by atoms with Crippen LogP contribution in [0.4, 0.5) is 8.78 Å². The van der Waals surface area contributed by atoms with Gasteiger partial charge in [-0.1, -0.05) is 6.92 Å². The van der Waals surface area contributed by atoms with Gasteiger partial charge in [0.1, 0.15) is 29.0 Å². The number of primary amides is 1. The highest BCUT2D eigenvalue weighted by Crippen LogP contribution is 2.31. The van der Waals surface area contributed by atoms with Crippen LogP contribution in [0, 0.1) is 11.6 Å². The molecule has 1 aliphatic rings. The molecule has 1 aromatic carbocycles. The fourth-order valence-corrected chi connectivity index (χ4v) is 2.92. The average Bonchev–Trinajstić information content (AvgIpc) is 2.37. The van der Waals surface area contributed by atoms with Crippen LogP contribution in [0.1, 0.15) is 32.6 Å². The van der Waals surface area contributed by atoms with Crippen molar-refractivity contribution in [2.24, 2.45) is 5.73 Å². The Morgan fingerprint density at radius 1 is 1.43 bits per heavy atom. The lowest BCUT2D eigenvalue weighted by Gasteiger charge is -2.39. The largest absolute Gasteiger partial charge is 0.490 e. The number of nitrogens with two attached hydrogens (primary N) is 1. The number of carbonyl (C=O) groups excluding carboxylic acids is 1. The summed E-state index contributed by atoms with van der Waals surface area (Å²) in [6.07, 6.45) is 2.23. The second-order valence-corrected chi connectivity index (χ2v) is 5.42. The number of ether oxygens (including phenoxy) is 1. The number of hydrogen-bond acceptors (Lipinski definition) is 3. The number of rotatable bonds is 5. The van der Waals surface area contributed by atoms with Gasteiger partial charge in [-0.3, -0.25) is 4.79 Å². The molecule has 3 N–H and O–H groups in total. The van der Waals surface area contributed by atoms with Crippen LogP contribution < -0.4 is 15.8 Å². The summed E-state index contributed by atoms with van der Waals surface area (Å²) in [6, 6.07) is 3.06. The molecule has 0 aromatic heterocycles. The second kappa shape index (κ2) is 6.39. The van der Waals surface area contributed by atoms with E-state index in [9.17, 15) is 13.6 Å². The Morgan fingerprint density at radius 2 is 2.10 bits per heavy atom. The molecular formula is C15H20F2N2O2. The Kier molecular flexibility index (Phi) is 4.77. The van der Waals surface area contributed by atoms with Crippen molar-refractivity contribution in [1.29, 1.82) is 0 Å². The van der Waals surface area contributed by atoms with Crippen LogP contribution >= 0.6 is 0 Å². The molecule has 2 atom stereocenters. The number of hydrogen-bond donors (Lipinski definition) is 2. The van der Waals surface area contributed by atoms with Gasteiger partial charge >= 0.3 is 0 Å². The topological polar surface area (TPSA) is 64.3 Å². The molecule has 6 heteroatoms. The zero-order chi connectivity index (χ0) is 15.5. The van der Waals surface area contributed by atoms with Crippen LogP contribution in [-0.2, 0) is 4.79 Å². The van der Waals surface area contributed by atoms with Crippen LogP contribution in [0.15, 0.2) is 18.2 Å². The number of nitrogens with one attached hydrogen (secondary N) is 1. The number of benzene rings is 1. The van der Waals surface area contributed by atoms with Gasteiger partial charge in [0.05, 0.1) is 0 Å². The number of amides is 1. The molecule has 0 heterocycles. The van der Waals surface area contributed by atoms with Crippen LogP contribution in [0.5, 0.6) is 5.75 Å². The third-order valence-electron chi connectivity index (χ3n) is 3.83. The van der Waals surface area contributed by atoms with Crippen molar-refractivity contribution in [3.8, 4) is 5.75 Å². The molecule has 0 radical (unpaired) electrons. The molecule has 116 valence electrons. The van der Waals surface area contributed by atoms with E-state index in [-0.39, 0.29) is 11.9 Å². The van der Waals surface area contributed by atoms with Crippen molar-refractivity contribution in [3.63, 3.8) is 0 Å². The Bertz CT molecular complexity index is 500. The first-order chi connectivity index (χ1) is 9.95. The van der Waals surface area contributed by atoms with Gasteiger partial charge in [-0.15, -0.1) is 0 Å². The molecular weight excluding hydrogens is 278 g/mol. The van der Waals surface area contributed by atoms with Crippen molar-refractivity contribution in [2.45, 2.75) is 44.2 Å². The zero-order valence-electron chi connectivity index (χ0n) is 12.0. The van der Waals surface area contributed by atoms with Gasteiger partial charge in [0.2, 0.25) is 5.91 Å². The highest BCUT2D eigenvalue weighted by atomic mass is 19.1. The third-order valence-corrected chi connectivity index (χ3v) is 3.83. The molecule has 1 aromatic rings. The lowest BCUT2D eigenvalue weighted by atomic mass is 9.79. The predicted molar refractivity (Wildman–Crippen MR) is 74.8 cm³/mol. The molecule has 2 unspecified atom stereocenters. The van der Waals surface area contributed by atoms with E-state index < -0.39 is 23.1 Å². The quantitative estimate of drug-likeness (QED) is 0.875. The molecule has 1 amide bonds. The van der Waals surface area contributed by atoms with Crippen LogP contribution in [0.25, 0.3) is 0 Å². The summed E-state index contributed by atoms with van der Waals surface area (Å²) < 4.78 is 32.0. The van der Waals surface area contributed by atoms with Crippen LogP contribution in [-0.4, -0.2) is 24.1 Å². The van der Waals surface area contributed by atoms with Gasteiger partial charge in [0.25, 0.3) is 0 Å². The molecule has 0 bridgehead atoms. The van der Waals surface area contributed by atoms with Crippen molar-refractivity contribution >= 4 is 5.91 Å². The summed E-state index contributed by atoms with van der Waals surface area (Å²) in [6.45, 7) is 2.52. The minimum atomic E-state index is -0.802. The summed E-state index contributed by atoms with van der Waals surface area (Å²) in [5.41, 5.74) is 4.71. The lowest BCUT2D eigenvalue weighted by molar-refractivity contribution is -0.127. The first-order valence-corrected chi connectivity index (χ1v) is 7.13.